The van der Waals surface area contributed by atoms with Crippen molar-refractivity contribution in [2.75, 3.05) is 39.5 Å². The molecule has 59 heavy (non-hydrogen) atoms. The molecule has 4 aromatic rings. The van der Waals surface area contributed by atoms with Crippen LogP contribution in [0.3, 0.4) is 0 Å². The topological polar surface area (TPSA) is 337 Å². The summed E-state index contributed by atoms with van der Waals surface area (Å²) in [6, 6.07) is 11.8. The van der Waals surface area contributed by atoms with Gasteiger partial charge in [0.15, 0.2) is 0 Å². The van der Waals surface area contributed by atoms with Gasteiger partial charge in [-0.1, -0.05) is 24.3 Å². The third-order valence-electron chi connectivity index (χ3n) is 7.83. The second-order valence-electron chi connectivity index (χ2n) is 12.1. The number of aromatic carboxylic acids is 2. The second kappa shape index (κ2) is 22.9. The summed E-state index contributed by atoms with van der Waals surface area (Å²) in [4.78, 5) is 23.2. The first kappa shape index (κ1) is 50.8. The van der Waals surface area contributed by atoms with E-state index in [2.05, 4.69) is 20.5 Å². The summed E-state index contributed by atoms with van der Waals surface area (Å²) in [5, 5.41) is 79.3. The summed E-state index contributed by atoms with van der Waals surface area (Å²) in [7, 11) is -9.76. The minimum Gasteiger partial charge on any atom is -0.507 e. The van der Waals surface area contributed by atoms with Crippen LogP contribution in [0.15, 0.2) is 90.9 Å². The number of rotatable bonds is 16. The van der Waals surface area contributed by atoms with Crippen LogP contribution >= 0.6 is 0 Å². The minimum absolute atomic E-state index is 0. The number of benzene rings is 4. The molecule has 0 amide bonds. The molecule has 0 spiro atoms. The molecule has 4 rings (SSSR count). The van der Waals surface area contributed by atoms with Crippen LogP contribution in [0.1, 0.15) is 43.0 Å². The SMILES string of the molecule is Cc1cc(N=Nc2ccc(/C=C/c3ccc(N=Nc4cc(C)c(O)c(C(=O)O)c4)cc3S(=O)(=O)O)c(S(=O)(=O)O)c2)cc(C(=O)O)c1O.OCCN(CCO)CCO.[K+]. The quantitative estimate of drug-likeness (QED) is 0.0336. The van der Waals surface area contributed by atoms with Crippen LogP contribution in [-0.2, 0) is 20.2 Å². The van der Waals surface area contributed by atoms with E-state index in [1.165, 1.54) is 50.2 Å². The van der Waals surface area contributed by atoms with Crippen molar-refractivity contribution in [1.82, 2.24) is 4.90 Å². The van der Waals surface area contributed by atoms with Crippen molar-refractivity contribution in [3.05, 3.63) is 94.0 Å². The molecule has 0 saturated carbocycles. The smallest absolute Gasteiger partial charge is 0.507 e. The minimum atomic E-state index is -4.88. The fraction of sp³-hybridized carbons (Fsp3) is 0.222. The van der Waals surface area contributed by atoms with Gasteiger partial charge in [0.1, 0.15) is 32.4 Å². The molecule has 0 aliphatic carbocycles. The molecule has 23 heteroatoms. The van der Waals surface area contributed by atoms with E-state index in [4.69, 9.17) is 15.3 Å². The fourth-order valence-electron chi connectivity index (χ4n) is 5.03. The van der Waals surface area contributed by atoms with Crippen LogP contribution in [0.4, 0.5) is 22.7 Å². The molecule has 0 atom stereocenters. The van der Waals surface area contributed by atoms with Crippen molar-refractivity contribution in [2.24, 2.45) is 20.5 Å². The first-order valence-corrected chi connectivity index (χ1v) is 19.5. The number of nitrogens with zero attached hydrogens (tertiary/aromatic N) is 5. The van der Waals surface area contributed by atoms with Gasteiger partial charge in [-0.05, 0) is 84.6 Å². The number of azo groups is 2. The van der Waals surface area contributed by atoms with Crippen LogP contribution in [-0.4, -0.2) is 118 Å². The van der Waals surface area contributed by atoms with Crippen LogP contribution in [0, 0.1) is 13.8 Å². The van der Waals surface area contributed by atoms with Crippen molar-refractivity contribution >= 4 is 67.1 Å². The van der Waals surface area contributed by atoms with E-state index in [9.17, 15) is 56.0 Å². The van der Waals surface area contributed by atoms with Gasteiger partial charge < -0.3 is 35.7 Å². The Hall–Kier alpha value is -4.34. The summed E-state index contributed by atoms with van der Waals surface area (Å²) < 4.78 is 68.5. The van der Waals surface area contributed by atoms with Crippen LogP contribution in [0.5, 0.6) is 11.5 Å². The summed E-state index contributed by atoms with van der Waals surface area (Å²) >= 11 is 0. The fourth-order valence-corrected chi connectivity index (χ4v) is 6.43. The number of hydrogen-bond acceptors (Lipinski definition) is 16. The number of carboxylic acid groups (broad SMARTS) is 2. The number of carboxylic acids is 2. The number of hydrogen-bond donors (Lipinski definition) is 9. The van der Waals surface area contributed by atoms with Crippen LogP contribution < -0.4 is 51.4 Å². The number of carbonyl (C=O) groups is 2. The number of aromatic hydroxyl groups is 2. The van der Waals surface area contributed by atoms with Gasteiger partial charge in [-0.15, -0.1) is 0 Å². The largest absolute Gasteiger partial charge is 1.00 e. The molecule has 0 aliphatic rings. The Labute approximate surface area is 380 Å². The van der Waals surface area contributed by atoms with E-state index >= 15 is 0 Å². The van der Waals surface area contributed by atoms with Crippen LogP contribution in [0.2, 0.25) is 0 Å². The van der Waals surface area contributed by atoms with Crippen molar-refractivity contribution in [3.63, 3.8) is 0 Å². The number of aliphatic hydroxyl groups excluding tert-OH is 3. The van der Waals surface area contributed by atoms with E-state index in [-0.39, 0.29) is 116 Å². The van der Waals surface area contributed by atoms with Crippen molar-refractivity contribution in [3.8, 4) is 11.5 Å². The number of aliphatic hydroxyl groups is 3. The summed E-state index contributed by atoms with van der Waals surface area (Å²) in [5.41, 5.74) is -0.775. The molecule has 310 valence electrons. The predicted molar refractivity (Wildman–Crippen MR) is 207 cm³/mol. The van der Waals surface area contributed by atoms with E-state index in [0.29, 0.717) is 19.6 Å². The molecule has 0 aliphatic heterocycles. The van der Waals surface area contributed by atoms with E-state index < -0.39 is 64.6 Å². The third-order valence-corrected chi connectivity index (χ3v) is 9.65. The Morgan fingerprint density at radius 2 is 0.898 bits per heavy atom. The monoisotopic (exact) mass is 884 g/mol. The van der Waals surface area contributed by atoms with Gasteiger partial charge in [0, 0.05) is 19.6 Å². The van der Waals surface area contributed by atoms with Crippen molar-refractivity contribution in [1.29, 1.82) is 0 Å². The molecule has 0 fully saturated rings. The summed E-state index contributed by atoms with van der Waals surface area (Å²) in [6.45, 7) is 4.64. The Kier molecular flexibility index (Phi) is 19.7. The average Bonchev–Trinajstić information content (AvgIpc) is 3.14. The summed E-state index contributed by atoms with van der Waals surface area (Å²) in [6.07, 6.45) is 2.29. The Morgan fingerprint density at radius 3 is 1.19 bits per heavy atom. The van der Waals surface area contributed by atoms with Crippen molar-refractivity contribution in [2.45, 2.75) is 23.6 Å². The molecule has 4 aromatic carbocycles. The average molecular weight is 885 g/mol. The number of phenols is 2. The van der Waals surface area contributed by atoms with Gasteiger partial charge >= 0.3 is 63.3 Å². The zero-order valence-corrected chi connectivity index (χ0v) is 36.5. The third kappa shape index (κ3) is 15.0. The van der Waals surface area contributed by atoms with E-state index in [0.717, 1.165) is 36.4 Å². The maximum Gasteiger partial charge on any atom is 1.00 e. The Bertz CT molecular complexity index is 2300. The van der Waals surface area contributed by atoms with Gasteiger partial charge in [-0.3, -0.25) is 14.0 Å². The van der Waals surface area contributed by atoms with E-state index in [1.54, 1.807) is 4.90 Å². The molecule has 0 saturated heterocycles. The first-order chi connectivity index (χ1) is 27.2. The molecule has 0 heterocycles. The maximum atomic E-state index is 12.2. The molecular formula is C36H39KN5O15S2+. The van der Waals surface area contributed by atoms with Gasteiger partial charge in [0.05, 0.1) is 42.6 Å². The Balaban J connectivity index is 0.000000964. The molecule has 9 N–H and O–H groups in total. The number of aryl methyl sites for hydroxylation is 2. The van der Waals surface area contributed by atoms with Crippen LogP contribution in [0.25, 0.3) is 12.2 Å². The van der Waals surface area contributed by atoms with Gasteiger partial charge in [-0.25, -0.2) is 9.59 Å². The summed E-state index contributed by atoms with van der Waals surface area (Å²) in [5.74, 6) is -3.73. The normalized spacial score (nSPS) is 11.9. The molecule has 0 bridgehead atoms. The predicted octanol–water partition coefficient (Wildman–Crippen LogP) is 1.87. The maximum absolute atomic E-state index is 12.2. The van der Waals surface area contributed by atoms with E-state index in [1.807, 2.05) is 0 Å². The van der Waals surface area contributed by atoms with Gasteiger partial charge in [-0.2, -0.15) is 37.3 Å². The van der Waals surface area contributed by atoms with Gasteiger partial charge in [0.2, 0.25) is 0 Å². The first-order valence-electron chi connectivity index (χ1n) is 16.6. The van der Waals surface area contributed by atoms with Crippen molar-refractivity contribution < 1.29 is 123 Å². The molecule has 20 nitrogen and oxygen atoms in total. The Morgan fingerprint density at radius 1 is 0.576 bits per heavy atom. The standard InChI is InChI=1S/C30H24N4O12S2.C6H15NO3.K/c1-15-9-21(11-23(27(15)35)29(37)38)33-31-19-7-5-17(25(13-19)47(41,42)43)3-4-18-6-8-20(14-26(18)48(44,45)46)32-34-22-10-16(2)28(36)24(12-22)30(39)40;8-4-1-7(2-5-9)3-6-10;/h3-14,35-36H,1-2H3,(H,37,38)(H,39,40)(H,41,42,43)(H,44,45,46);8-10H,1-6H2;/q;;+1/b4-3+,33-31?,34-32?;;. The molecule has 0 unspecified atom stereocenters. The molecule has 0 aromatic heterocycles. The molecule has 0 radical (unpaired) electrons. The molecular weight excluding hydrogens is 846 g/mol. The zero-order valence-electron chi connectivity index (χ0n) is 31.7. The second-order valence-corrected chi connectivity index (χ2v) is 14.8. The van der Waals surface area contributed by atoms with Gasteiger partial charge in [0.25, 0.3) is 20.2 Å². The zero-order chi connectivity index (χ0) is 43.4.